The molecule has 0 bridgehead atoms. The van der Waals surface area contributed by atoms with Crippen molar-refractivity contribution in [2.24, 2.45) is 0 Å². The highest BCUT2D eigenvalue weighted by Gasteiger charge is 2.18. The number of benzene rings is 1. The van der Waals surface area contributed by atoms with E-state index in [1.54, 1.807) is 36.5 Å². The first-order valence-corrected chi connectivity index (χ1v) is 7.68. The Kier molecular flexibility index (Phi) is 4.53. The topological polar surface area (TPSA) is 75.0 Å². The van der Waals surface area contributed by atoms with E-state index >= 15 is 0 Å². The molecule has 1 aromatic carbocycles. The number of carbonyl (C=O) groups excluding carboxylic acids is 1. The lowest BCUT2D eigenvalue weighted by Crippen LogP contribution is -2.13. The molecular formula is C18H17N3O2. The summed E-state index contributed by atoms with van der Waals surface area (Å²) in [5.41, 5.74) is 1.47. The van der Waals surface area contributed by atoms with Gasteiger partial charge in [0.15, 0.2) is 0 Å². The summed E-state index contributed by atoms with van der Waals surface area (Å²) < 4.78 is 5.90. The number of nitriles is 1. The fourth-order valence-corrected chi connectivity index (χ4v) is 2.68. The Bertz CT molecular complexity index is 732. The first kappa shape index (κ1) is 15.0. The van der Waals surface area contributed by atoms with E-state index in [9.17, 15) is 10.1 Å². The van der Waals surface area contributed by atoms with Crippen LogP contribution >= 0.6 is 0 Å². The van der Waals surface area contributed by atoms with Crippen LogP contribution in [-0.4, -0.2) is 17.0 Å². The van der Waals surface area contributed by atoms with E-state index in [0.29, 0.717) is 22.6 Å². The van der Waals surface area contributed by atoms with Crippen molar-refractivity contribution in [1.29, 1.82) is 5.26 Å². The molecule has 0 radical (unpaired) electrons. The highest BCUT2D eigenvalue weighted by atomic mass is 16.5. The van der Waals surface area contributed by atoms with Crippen molar-refractivity contribution in [2.75, 3.05) is 5.32 Å². The van der Waals surface area contributed by atoms with Crippen molar-refractivity contribution in [3.05, 3.63) is 53.9 Å². The molecular weight excluding hydrogens is 290 g/mol. The van der Waals surface area contributed by atoms with Crippen molar-refractivity contribution in [2.45, 2.75) is 31.8 Å². The number of aromatic nitrogens is 1. The second-order valence-corrected chi connectivity index (χ2v) is 5.54. The Morgan fingerprint density at radius 3 is 2.83 bits per heavy atom. The number of pyridine rings is 1. The van der Waals surface area contributed by atoms with E-state index in [1.807, 2.05) is 0 Å². The van der Waals surface area contributed by atoms with Crippen LogP contribution in [0.4, 0.5) is 5.69 Å². The molecule has 1 N–H and O–H groups in total. The predicted octanol–water partition coefficient (Wildman–Crippen LogP) is 3.53. The standard InChI is InChI=1S/C18H17N3O2/c19-11-14-10-15(21-18(22)13-4-3-9-20-12-13)7-8-17(14)23-16-5-1-2-6-16/h3-4,7-10,12,16H,1-2,5-6H2,(H,21,22). The zero-order chi connectivity index (χ0) is 16.1. The largest absolute Gasteiger partial charge is 0.489 e. The highest BCUT2D eigenvalue weighted by Crippen LogP contribution is 2.28. The third kappa shape index (κ3) is 3.67. The molecule has 3 rings (SSSR count). The second-order valence-electron chi connectivity index (χ2n) is 5.54. The van der Waals surface area contributed by atoms with Crippen LogP contribution in [-0.2, 0) is 0 Å². The smallest absolute Gasteiger partial charge is 0.257 e. The van der Waals surface area contributed by atoms with Crippen LogP contribution in [0.2, 0.25) is 0 Å². The Balaban J connectivity index is 1.74. The predicted molar refractivity (Wildman–Crippen MR) is 86.2 cm³/mol. The molecule has 1 aliphatic carbocycles. The summed E-state index contributed by atoms with van der Waals surface area (Å²) in [4.78, 5) is 16.0. The van der Waals surface area contributed by atoms with Gasteiger partial charge in [0.1, 0.15) is 11.8 Å². The van der Waals surface area contributed by atoms with Gasteiger partial charge in [0.2, 0.25) is 0 Å². The zero-order valence-corrected chi connectivity index (χ0v) is 12.7. The van der Waals surface area contributed by atoms with Crippen molar-refractivity contribution in [3.8, 4) is 11.8 Å². The summed E-state index contributed by atoms with van der Waals surface area (Å²) in [7, 11) is 0. The molecule has 1 aromatic heterocycles. The molecule has 2 aromatic rings. The average molecular weight is 307 g/mol. The highest BCUT2D eigenvalue weighted by molar-refractivity contribution is 6.04. The van der Waals surface area contributed by atoms with Crippen molar-refractivity contribution >= 4 is 11.6 Å². The van der Waals surface area contributed by atoms with Crippen LogP contribution in [0.3, 0.4) is 0 Å². The maximum Gasteiger partial charge on any atom is 0.257 e. The monoisotopic (exact) mass is 307 g/mol. The Hall–Kier alpha value is -2.87. The molecule has 5 heteroatoms. The summed E-state index contributed by atoms with van der Waals surface area (Å²) in [6.07, 6.45) is 7.71. The van der Waals surface area contributed by atoms with Gasteiger partial charge >= 0.3 is 0 Å². The van der Waals surface area contributed by atoms with Crippen LogP contribution in [0.25, 0.3) is 0 Å². The normalized spacial score (nSPS) is 14.2. The molecule has 23 heavy (non-hydrogen) atoms. The van der Waals surface area contributed by atoms with Gasteiger partial charge in [0, 0.05) is 18.1 Å². The van der Waals surface area contributed by atoms with Crippen molar-refractivity contribution in [3.63, 3.8) is 0 Å². The third-order valence-electron chi connectivity index (χ3n) is 3.88. The average Bonchev–Trinajstić information content (AvgIpc) is 3.10. The lowest BCUT2D eigenvalue weighted by atomic mass is 10.1. The van der Waals surface area contributed by atoms with Crippen LogP contribution < -0.4 is 10.1 Å². The SMILES string of the molecule is N#Cc1cc(NC(=O)c2cccnc2)ccc1OC1CCCC1. The van der Waals surface area contributed by atoms with Gasteiger partial charge in [-0.05, 0) is 56.0 Å². The van der Waals surface area contributed by atoms with Crippen LogP contribution in [0.5, 0.6) is 5.75 Å². The van der Waals surface area contributed by atoms with E-state index in [2.05, 4.69) is 16.4 Å². The Labute approximate surface area is 134 Å². The fraction of sp³-hybridized carbons (Fsp3) is 0.278. The Morgan fingerprint density at radius 2 is 2.13 bits per heavy atom. The Morgan fingerprint density at radius 1 is 1.30 bits per heavy atom. The molecule has 5 nitrogen and oxygen atoms in total. The number of amides is 1. The van der Waals surface area contributed by atoms with Gasteiger partial charge in [-0.1, -0.05) is 0 Å². The molecule has 0 atom stereocenters. The zero-order valence-electron chi connectivity index (χ0n) is 12.7. The molecule has 1 saturated carbocycles. The lowest BCUT2D eigenvalue weighted by Gasteiger charge is -2.15. The van der Waals surface area contributed by atoms with E-state index in [0.717, 1.165) is 12.8 Å². The van der Waals surface area contributed by atoms with Crippen molar-refractivity contribution < 1.29 is 9.53 Å². The fourth-order valence-electron chi connectivity index (χ4n) is 2.68. The van der Waals surface area contributed by atoms with E-state index in [4.69, 9.17) is 4.74 Å². The number of hydrogen-bond acceptors (Lipinski definition) is 4. The van der Waals surface area contributed by atoms with Gasteiger partial charge in [-0.25, -0.2) is 0 Å². The number of hydrogen-bond donors (Lipinski definition) is 1. The number of carbonyl (C=O) groups is 1. The minimum absolute atomic E-state index is 0.193. The summed E-state index contributed by atoms with van der Waals surface area (Å²) in [6.45, 7) is 0. The van der Waals surface area contributed by atoms with E-state index in [-0.39, 0.29) is 12.0 Å². The third-order valence-corrected chi connectivity index (χ3v) is 3.88. The molecule has 0 saturated heterocycles. The first-order chi connectivity index (χ1) is 11.3. The van der Waals surface area contributed by atoms with Crippen LogP contribution in [0.15, 0.2) is 42.7 Å². The first-order valence-electron chi connectivity index (χ1n) is 7.68. The van der Waals surface area contributed by atoms with Gasteiger partial charge in [-0.2, -0.15) is 5.26 Å². The van der Waals surface area contributed by atoms with Gasteiger partial charge in [0.25, 0.3) is 5.91 Å². The molecule has 1 fully saturated rings. The molecule has 0 spiro atoms. The molecule has 116 valence electrons. The van der Waals surface area contributed by atoms with Crippen LogP contribution in [0.1, 0.15) is 41.6 Å². The van der Waals surface area contributed by atoms with Gasteiger partial charge in [-0.15, -0.1) is 0 Å². The van der Waals surface area contributed by atoms with Gasteiger partial charge < -0.3 is 10.1 Å². The number of anilines is 1. The van der Waals surface area contributed by atoms with Gasteiger partial charge in [-0.3, -0.25) is 9.78 Å². The second kappa shape index (κ2) is 6.93. The maximum atomic E-state index is 12.1. The number of rotatable bonds is 4. The number of ether oxygens (including phenoxy) is 1. The minimum atomic E-state index is -0.258. The lowest BCUT2D eigenvalue weighted by molar-refractivity contribution is 0.102. The minimum Gasteiger partial charge on any atom is -0.489 e. The molecule has 1 amide bonds. The number of nitrogens with one attached hydrogen (secondary N) is 1. The summed E-state index contributed by atoms with van der Waals surface area (Å²) in [6, 6.07) is 10.7. The molecule has 0 unspecified atom stereocenters. The van der Waals surface area contributed by atoms with E-state index < -0.39 is 0 Å². The summed E-state index contributed by atoms with van der Waals surface area (Å²) in [5.74, 6) is 0.324. The summed E-state index contributed by atoms with van der Waals surface area (Å²) in [5, 5.41) is 12.1. The van der Waals surface area contributed by atoms with Crippen molar-refractivity contribution in [1.82, 2.24) is 4.98 Å². The summed E-state index contributed by atoms with van der Waals surface area (Å²) >= 11 is 0. The number of nitrogens with zero attached hydrogens (tertiary/aromatic N) is 2. The maximum absolute atomic E-state index is 12.1. The van der Waals surface area contributed by atoms with Crippen LogP contribution in [0, 0.1) is 11.3 Å². The quantitative estimate of drug-likeness (QED) is 0.937. The van der Waals surface area contributed by atoms with Gasteiger partial charge in [0.05, 0.1) is 17.2 Å². The molecule has 1 aliphatic rings. The molecule has 1 heterocycles. The van der Waals surface area contributed by atoms with E-state index in [1.165, 1.54) is 19.0 Å². The molecule has 0 aliphatic heterocycles.